The molecule has 4 nitrogen and oxygen atoms in total. The fourth-order valence-corrected chi connectivity index (χ4v) is 2.17. The zero-order chi connectivity index (χ0) is 15.2. The minimum Gasteiger partial charge on any atom is -0.486 e. The van der Waals surface area contributed by atoms with Gasteiger partial charge in [-0.25, -0.2) is 0 Å². The lowest BCUT2D eigenvalue weighted by molar-refractivity contribution is 0.288. The van der Waals surface area contributed by atoms with Crippen molar-refractivity contribution < 1.29 is 9.26 Å². The monoisotopic (exact) mass is 308 g/mol. The fraction of sp³-hybridized carbons (Fsp3) is 0.438. The van der Waals surface area contributed by atoms with Gasteiger partial charge in [0.15, 0.2) is 0 Å². The Morgan fingerprint density at radius 2 is 2.14 bits per heavy atom. The molecular weight excluding hydrogens is 288 g/mol. The topological polar surface area (TPSA) is 47.3 Å². The average molecular weight is 309 g/mol. The molecule has 1 aromatic carbocycles. The number of ether oxygens (including phenoxy) is 1. The molecule has 0 bridgehead atoms. The molecule has 0 atom stereocenters. The molecule has 0 aliphatic heterocycles. The van der Waals surface area contributed by atoms with Gasteiger partial charge in [-0.2, -0.15) is 0 Å². The molecule has 0 aliphatic rings. The maximum absolute atomic E-state index is 6.25. The number of nitrogens with zero attached hydrogens (tertiary/aromatic N) is 1. The van der Waals surface area contributed by atoms with Crippen molar-refractivity contribution in [2.45, 2.75) is 33.9 Å². The van der Waals surface area contributed by atoms with Gasteiger partial charge in [0.25, 0.3) is 0 Å². The summed E-state index contributed by atoms with van der Waals surface area (Å²) in [4.78, 5) is 0. The largest absolute Gasteiger partial charge is 0.486 e. The van der Waals surface area contributed by atoms with Crippen LogP contribution in [0.15, 0.2) is 28.8 Å². The van der Waals surface area contributed by atoms with E-state index in [2.05, 4.69) is 24.3 Å². The summed E-state index contributed by atoms with van der Waals surface area (Å²) in [5.74, 6) is 2.06. The predicted octanol–water partition coefficient (Wildman–Crippen LogP) is 3.96. The summed E-state index contributed by atoms with van der Waals surface area (Å²) in [6.07, 6.45) is 0. The van der Waals surface area contributed by atoms with Gasteiger partial charge in [-0.05, 0) is 37.1 Å². The van der Waals surface area contributed by atoms with Gasteiger partial charge in [-0.15, -0.1) is 0 Å². The molecular formula is C16H21ClN2O2. The van der Waals surface area contributed by atoms with Crippen molar-refractivity contribution >= 4 is 11.6 Å². The van der Waals surface area contributed by atoms with E-state index in [0.29, 0.717) is 23.3 Å². The first-order valence-corrected chi connectivity index (χ1v) is 7.46. The molecule has 0 saturated carbocycles. The number of benzene rings is 1. The normalized spacial score (nSPS) is 11.1. The molecule has 5 heteroatoms. The first-order chi connectivity index (χ1) is 10.0. The highest BCUT2D eigenvalue weighted by molar-refractivity contribution is 6.32. The predicted molar refractivity (Wildman–Crippen MR) is 83.6 cm³/mol. The van der Waals surface area contributed by atoms with E-state index in [4.69, 9.17) is 20.9 Å². The van der Waals surface area contributed by atoms with Gasteiger partial charge in [0.05, 0.1) is 5.02 Å². The molecule has 0 aliphatic carbocycles. The van der Waals surface area contributed by atoms with Crippen molar-refractivity contribution in [1.82, 2.24) is 10.5 Å². The number of hydrogen-bond donors (Lipinski definition) is 1. The van der Waals surface area contributed by atoms with E-state index in [0.717, 1.165) is 30.1 Å². The minimum atomic E-state index is 0.349. The Morgan fingerprint density at radius 1 is 1.33 bits per heavy atom. The second-order valence-corrected chi connectivity index (χ2v) is 5.91. The number of nitrogens with one attached hydrogen (secondary N) is 1. The van der Waals surface area contributed by atoms with Crippen LogP contribution in [0.3, 0.4) is 0 Å². The van der Waals surface area contributed by atoms with Gasteiger partial charge >= 0.3 is 0 Å². The molecule has 0 amide bonds. The van der Waals surface area contributed by atoms with Crippen LogP contribution >= 0.6 is 11.6 Å². The number of hydrogen-bond acceptors (Lipinski definition) is 4. The van der Waals surface area contributed by atoms with Crippen molar-refractivity contribution in [2.75, 3.05) is 6.54 Å². The Morgan fingerprint density at radius 3 is 2.76 bits per heavy atom. The van der Waals surface area contributed by atoms with Crippen LogP contribution in [0.4, 0.5) is 0 Å². The van der Waals surface area contributed by atoms with Crippen LogP contribution in [-0.2, 0) is 13.2 Å². The van der Waals surface area contributed by atoms with Crippen LogP contribution in [0.25, 0.3) is 0 Å². The SMILES string of the molecule is Cc1cc(COc2ccc(CNCC(C)C)cc2Cl)no1. The average Bonchev–Trinajstić information content (AvgIpc) is 2.83. The second kappa shape index (κ2) is 7.48. The molecule has 21 heavy (non-hydrogen) atoms. The van der Waals surface area contributed by atoms with E-state index >= 15 is 0 Å². The summed E-state index contributed by atoms with van der Waals surface area (Å²) in [6, 6.07) is 7.68. The fourth-order valence-electron chi connectivity index (χ4n) is 1.91. The molecule has 1 aromatic heterocycles. The van der Waals surface area contributed by atoms with E-state index in [1.165, 1.54) is 0 Å². The maximum atomic E-state index is 6.25. The summed E-state index contributed by atoms with van der Waals surface area (Å²) >= 11 is 6.25. The third-order valence-electron chi connectivity index (χ3n) is 2.93. The third kappa shape index (κ3) is 5.06. The summed E-state index contributed by atoms with van der Waals surface area (Å²) in [5, 5.41) is 7.88. The van der Waals surface area contributed by atoms with Crippen LogP contribution in [-0.4, -0.2) is 11.7 Å². The van der Waals surface area contributed by atoms with Crippen molar-refractivity contribution in [3.63, 3.8) is 0 Å². The number of halogens is 1. The first kappa shape index (κ1) is 15.9. The molecule has 0 fully saturated rings. The molecule has 0 spiro atoms. The van der Waals surface area contributed by atoms with E-state index in [-0.39, 0.29) is 0 Å². The third-order valence-corrected chi connectivity index (χ3v) is 3.23. The lowest BCUT2D eigenvalue weighted by atomic mass is 10.2. The zero-order valence-corrected chi connectivity index (χ0v) is 13.4. The molecule has 0 unspecified atom stereocenters. The lowest BCUT2D eigenvalue weighted by Gasteiger charge is -2.10. The van der Waals surface area contributed by atoms with Crippen LogP contribution in [0.2, 0.25) is 5.02 Å². The van der Waals surface area contributed by atoms with E-state index in [1.54, 1.807) is 0 Å². The number of aryl methyl sites for hydroxylation is 1. The van der Waals surface area contributed by atoms with Crippen LogP contribution in [0.5, 0.6) is 5.75 Å². The van der Waals surface area contributed by atoms with Crippen LogP contribution < -0.4 is 10.1 Å². The minimum absolute atomic E-state index is 0.349. The van der Waals surface area contributed by atoms with Gasteiger partial charge in [0.2, 0.25) is 0 Å². The Balaban J connectivity index is 1.89. The Hall–Kier alpha value is -1.52. The van der Waals surface area contributed by atoms with Gasteiger partial charge in [-0.1, -0.05) is 36.7 Å². The molecule has 2 rings (SSSR count). The Kier molecular flexibility index (Phi) is 5.65. The summed E-state index contributed by atoms with van der Waals surface area (Å²) in [6.45, 7) is 8.36. The molecule has 0 radical (unpaired) electrons. The van der Waals surface area contributed by atoms with E-state index < -0.39 is 0 Å². The summed E-state index contributed by atoms with van der Waals surface area (Å²) in [7, 11) is 0. The van der Waals surface area contributed by atoms with Crippen LogP contribution in [0.1, 0.15) is 30.9 Å². The highest BCUT2D eigenvalue weighted by Gasteiger charge is 2.06. The zero-order valence-electron chi connectivity index (χ0n) is 12.6. The quantitative estimate of drug-likeness (QED) is 0.841. The smallest absolute Gasteiger partial charge is 0.138 e. The first-order valence-electron chi connectivity index (χ1n) is 7.08. The number of rotatable bonds is 7. The second-order valence-electron chi connectivity index (χ2n) is 5.51. The highest BCUT2D eigenvalue weighted by atomic mass is 35.5. The number of aromatic nitrogens is 1. The van der Waals surface area contributed by atoms with Gasteiger partial charge in [0, 0.05) is 12.6 Å². The van der Waals surface area contributed by atoms with Crippen molar-refractivity contribution in [1.29, 1.82) is 0 Å². The Bertz CT molecular complexity index is 581. The van der Waals surface area contributed by atoms with Crippen molar-refractivity contribution in [3.8, 4) is 5.75 Å². The lowest BCUT2D eigenvalue weighted by Crippen LogP contribution is -2.18. The maximum Gasteiger partial charge on any atom is 0.138 e. The Labute approximate surface area is 130 Å². The summed E-state index contributed by atoms with van der Waals surface area (Å²) < 4.78 is 10.7. The van der Waals surface area contributed by atoms with E-state index in [1.807, 2.05) is 31.2 Å². The van der Waals surface area contributed by atoms with Crippen molar-refractivity contribution in [2.24, 2.45) is 5.92 Å². The molecule has 114 valence electrons. The highest BCUT2D eigenvalue weighted by Crippen LogP contribution is 2.26. The molecule has 0 saturated heterocycles. The van der Waals surface area contributed by atoms with Gasteiger partial charge in [-0.3, -0.25) is 0 Å². The van der Waals surface area contributed by atoms with Gasteiger partial charge < -0.3 is 14.6 Å². The molecule has 2 aromatic rings. The van der Waals surface area contributed by atoms with E-state index in [9.17, 15) is 0 Å². The van der Waals surface area contributed by atoms with Crippen molar-refractivity contribution in [3.05, 3.63) is 46.3 Å². The molecule has 1 heterocycles. The van der Waals surface area contributed by atoms with Crippen LogP contribution in [0, 0.1) is 12.8 Å². The van der Waals surface area contributed by atoms with Gasteiger partial charge in [0.1, 0.15) is 23.8 Å². The molecule has 1 N–H and O–H groups in total. The summed E-state index contributed by atoms with van der Waals surface area (Å²) in [5.41, 5.74) is 1.90. The standard InChI is InChI=1S/C16H21ClN2O2/c1-11(2)8-18-9-13-4-5-16(15(17)7-13)20-10-14-6-12(3)21-19-14/h4-7,11,18H,8-10H2,1-3H3.